The van der Waals surface area contributed by atoms with Crippen LogP contribution in [0, 0.1) is 6.92 Å². The van der Waals surface area contributed by atoms with Crippen molar-refractivity contribution in [2.24, 2.45) is 0 Å². The maximum Gasteiger partial charge on any atom is 0.238 e. The van der Waals surface area contributed by atoms with Gasteiger partial charge in [0.05, 0.1) is 6.54 Å². The third-order valence-corrected chi connectivity index (χ3v) is 3.69. The fourth-order valence-electron chi connectivity index (χ4n) is 2.45. The number of benzene rings is 2. The molecule has 3 rings (SSSR count). The molecule has 1 heterocycles. The van der Waals surface area contributed by atoms with Crippen LogP contribution in [-0.2, 0) is 11.3 Å². The molecule has 0 radical (unpaired) electrons. The summed E-state index contributed by atoms with van der Waals surface area (Å²) < 4.78 is 11.0. The Labute approximate surface area is 135 Å². The molecule has 1 amide bonds. The Hall–Kier alpha value is -2.53. The molecular formula is C18H20N2O3. The molecule has 0 saturated heterocycles. The molecule has 0 aromatic heterocycles. The fourth-order valence-corrected chi connectivity index (χ4v) is 2.45. The predicted octanol–water partition coefficient (Wildman–Crippen LogP) is 2.49. The van der Waals surface area contributed by atoms with Crippen molar-refractivity contribution in [2.75, 3.05) is 25.1 Å². The predicted molar refractivity (Wildman–Crippen MR) is 88.9 cm³/mol. The number of carbonyl (C=O) groups excluding carboxylic acids is 1. The van der Waals surface area contributed by atoms with Gasteiger partial charge in [-0.15, -0.1) is 0 Å². The highest BCUT2D eigenvalue weighted by molar-refractivity contribution is 5.92. The first kappa shape index (κ1) is 15.4. The molecule has 2 aromatic rings. The van der Waals surface area contributed by atoms with Gasteiger partial charge >= 0.3 is 0 Å². The van der Waals surface area contributed by atoms with E-state index in [4.69, 9.17) is 9.47 Å². The number of hydrogen-bond acceptors (Lipinski definition) is 4. The molecule has 2 N–H and O–H groups in total. The van der Waals surface area contributed by atoms with Crippen molar-refractivity contribution in [2.45, 2.75) is 13.5 Å². The van der Waals surface area contributed by atoms with Gasteiger partial charge in [0.2, 0.25) is 5.91 Å². The molecule has 0 aliphatic carbocycles. The molecule has 1 aliphatic heterocycles. The Morgan fingerprint density at radius 3 is 2.70 bits per heavy atom. The molecular weight excluding hydrogens is 292 g/mol. The summed E-state index contributed by atoms with van der Waals surface area (Å²) in [7, 11) is 0. The van der Waals surface area contributed by atoms with Crippen LogP contribution in [0.15, 0.2) is 42.5 Å². The van der Waals surface area contributed by atoms with E-state index in [-0.39, 0.29) is 12.5 Å². The van der Waals surface area contributed by atoms with Crippen LogP contribution in [0.1, 0.15) is 11.1 Å². The lowest BCUT2D eigenvalue weighted by Crippen LogP contribution is -2.28. The topological polar surface area (TPSA) is 59.6 Å². The average molecular weight is 312 g/mol. The number of ether oxygens (including phenoxy) is 2. The summed E-state index contributed by atoms with van der Waals surface area (Å²) in [6, 6.07) is 13.5. The van der Waals surface area contributed by atoms with Crippen molar-refractivity contribution >= 4 is 11.6 Å². The van der Waals surface area contributed by atoms with Crippen LogP contribution in [0.25, 0.3) is 0 Å². The number of rotatable bonds is 5. The van der Waals surface area contributed by atoms with Crippen LogP contribution in [0.2, 0.25) is 0 Å². The summed E-state index contributed by atoms with van der Waals surface area (Å²) in [5.74, 6) is 1.30. The van der Waals surface area contributed by atoms with Crippen molar-refractivity contribution in [1.82, 2.24) is 5.32 Å². The second-order valence-corrected chi connectivity index (χ2v) is 5.44. The van der Waals surface area contributed by atoms with Gasteiger partial charge in [0, 0.05) is 18.3 Å². The summed E-state index contributed by atoms with van der Waals surface area (Å²) in [6.07, 6.45) is 0. The Morgan fingerprint density at radius 1 is 1.09 bits per heavy atom. The summed E-state index contributed by atoms with van der Waals surface area (Å²) in [6.45, 7) is 4.07. The summed E-state index contributed by atoms with van der Waals surface area (Å²) in [5, 5.41) is 6.01. The van der Waals surface area contributed by atoms with E-state index in [9.17, 15) is 4.79 Å². The van der Waals surface area contributed by atoms with E-state index in [1.807, 2.05) is 24.3 Å². The summed E-state index contributed by atoms with van der Waals surface area (Å²) in [4.78, 5) is 12.0. The highest BCUT2D eigenvalue weighted by atomic mass is 16.6. The largest absolute Gasteiger partial charge is 0.486 e. The summed E-state index contributed by atoms with van der Waals surface area (Å²) in [5.41, 5.74) is 3.11. The molecule has 0 spiro atoms. The maximum absolute atomic E-state index is 12.0. The van der Waals surface area contributed by atoms with E-state index in [1.54, 1.807) is 6.07 Å². The van der Waals surface area contributed by atoms with E-state index in [0.29, 0.717) is 36.9 Å². The van der Waals surface area contributed by atoms with E-state index in [2.05, 4.69) is 29.7 Å². The molecule has 120 valence electrons. The summed E-state index contributed by atoms with van der Waals surface area (Å²) >= 11 is 0. The van der Waals surface area contributed by atoms with E-state index in [1.165, 1.54) is 11.1 Å². The smallest absolute Gasteiger partial charge is 0.238 e. The normalized spacial score (nSPS) is 12.7. The molecule has 5 nitrogen and oxygen atoms in total. The standard InChI is InChI=1S/C18H20N2O3/c1-13-4-2-3-5-14(13)11-19-12-18(21)20-15-6-7-16-17(10-15)23-9-8-22-16/h2-7,10,19H,8-9,11-12H2,1H3,(H,20,21). The zero-order valence-electron chi connectivity index (χ0n) is 13.1. The lowest BCUT2D eigenvalue weighted by Gasteiger charge is -2.19. The zero-order valence-corrected chi connectivity index (χ0v) is 13.1. The minimum atomic E-state index is -0.0877. The average Bonchev–Trinajstić information content (AvgIpc) is 2.56. The number of amides is 1. The fraction of sp³-hybridized carbons (Fsp3) is 0.278. The highest BCUT2D eigenvalue weighted by Gasteiger charge is 2.12. The van der Waals surface area contributed by atoms with Gasteiger partial charge in [-0.05, 0) is 30.2 Å². The molecule has 2 aromatic carbocycles. The van der Waals surface area contributed by atoms with Crippen molar-refractivity contribution in [3.8, 4) is 11.5 Å². The van der Waals surface area contributed by atoms with Gasteiger partial charge in [0.15, 0.2) is 11.5 Å². The van der Waals surface area contributed by atoms with Gasteiger partial charge in [-0.3, -0.25) is 4.79 Å². The Morgan fingerprint density at radius 2 is 1.87 bits per heavy atom. The molecule has 1 aliphatic rings. The van der Waals surface area contributed by atoms with Crippen LogP contribution < -0.4 is 20.1 Å². The Bertz CT molecular complexity index is 700. The van der Waals surface area contributed by atoms with Crippen molar-refractivity contribution in [3.05, 3.63) is 53.6 Å². The molecule has 0 saturated carbocycles. The van der Waals surface area contributed by atoms with Crippen LogP contribution in [0.5, 0.6) is 11.5 Å². The molecule has 23 heavy (non-hydrogen) atoms. The van der Waals surface area contributed by atoms with E-state index >= 15 is 0 Å². The van der Waals surface area contributed by atoms with E-state index < -0.39 is 0 Å². The molecule has 0 atom stereocenters. The van der Waals surface area contributed by atoms with Gasteiger partial charge in [-0.1, -0.05) is 24.3 Å². The third kappa shape index (κ3) is 4.02. The van der Waals surface area contributed by atoms with Gasteiger partial charge in [0.1, 0.15) is 13.2 Å². The first-order valence-corrected chi connectivity index (χ1v) is 7.67. The number of hydrogen-bond donors (Lipinski definition) is 2. The molecule has 5 heteroatoms. The van der Waals surface area contributed by atoms with Crippen LogP contribution in [0.3, 0.4) is 0 Å². The van der Waals surface area contributed by atoms with E-state index in [0.717, 1.165) is 0 Å². The minimum absolute atomic E-state index is 0.0877. The highest BCUT2D eigenvalue weighted by Crippen LogP contribution is 2.32. The second-order valence-electron chi connectivity index (χ2n) is 5.44. The number of carbonyl (C=O) groups is 1. The lowest BCUT2D eigenvalue weighted by molar-refractivity contribution is -0.115. The molecule has 0 bridgehead atoms. The van der Waals surface area contributed by atoms with Gasteiger partial charge in [0.25, 0.3) is 0 Å². The van der Waals surface area contributed by atoms with Gasteiger partial charge < -0.3 is 20.1 Å². The Balaban J connectivity index is 1.50. The molecule has 0 unspecified atom stereocenters. The third-order valence-electron chi connectivity index (χ3n) is 3.69. The Kier molecular flexibility index (Phi) is 4.78. The first-order valence-electron chi connectivity index (χ1n) is 7.67. The monoisotopic (exact) mass is 312 g/mol. The van der Waals surface area contributed by atoms with Crippen LogP contribution in [0.4, 0.5) is 5.69 Å². The maximum atomic E-state index is 12.0. The number of anilines is 1. The van der Waals surface area contributed by atoms with Gasteiger partial charge in [-0.2, -0.15) is 0 Å². The first-order chi connectivity index (χ1) is 11.2. The lowest BCUT2D eigenvalue weighted by atomic mass is 10.1. The zero-order chi connectivity index (χ0) is 16.1. The quantitative estimate of drug-likeness (QED) is 0.890. The van der Waals surface area contributed by atoms with Crippen LogP contribution >= 0.6 is 0 Å². The SMILES string of the molecule is Cc1ccccc1CNCC(=O)Nc1ccc2c(c1)OCCO2. The number of aryl methyl sites for hydroxylation is 1. The minimum Gasteiger partial charge on any atom is -0.486 e. The van der Waals surface area contributed by atoms with Crippen molar-refractivity contribution in [1.29, 1.82) is 0 Å². The number of nitrogens with one attached hydrogen (secondary N) is 2. The number of fused-ring (bicyclic) bond motifs is 1. The van der Waals surface area contributed by atoms with Crippen molar-refractivity contribution < 1.29 is 14.3 Å². The van der Waals surface area contributed by atoms with Gasteiger partial charge in [-0.25, -0.2) is 0 Å². The van der Waals surface area contributed by atoms with Crippen molar-refractivity contribution in [3.63, 3.8) is 0 Å². The second kappa shape index (κ2) is 7.15. The molecule has 0 fully saturated rings. The van der Waals surface area contributed by atoms with Crippen LogP contribution in [-0.4, -0.2) is 25.7 Å².